The molecule has 2 aliphatic carbocycles. The molecule has 6 rings (SSSR count). The molecule has 4 aromatic rings. The van der Waals surface area contributed by atoms with Gasteiger partial charge in [-0.3, -0.25) is 6.08 Å². The summed E-state index contributed by atoms with van der Waals surface area (Å²) in [5.41, 5.74) is 8.34. The van der Waals surface area contributed by atoms with E-state index < -0.39 is 0 Å². The fourth-order valence-corrected chi connectivity index (χ4v) is 3.92. The van der Waals surface area contributed by atoms with Crippen molar-refractivity contribution >= 4 is 3.21 Å². The van der Waals surface area contributed by atoms with Crippen LogP contribution in [-0.2, 0) is 43.5 Å². The Morgan fingerprint density at radius 1 is 0.722 bits per heavy atom. The zero-order valence-electron chi connectivity index (χ0n) is 21.4. The molecule has 0 unspecified atom stereocenters. The van der Waals surface area contributed by atoms with Crippen LogP contribution >= 0.6 is 0 Å². The molecule has 0 fully saturated rings. The van der Waals surface area contributed by atoms with Crippen molar-refractivity contribution in [2.75, 3.05) is 0 Å². The fraction of sp³-hybridized carbons (Fsp3) is 0.171. The SMILES string of the molecule is C[C](C)=[Zr+2].[C-]1=CC=CC1.[c-]1cccc2c1Cc1ccccc1-2.c1ccc(CCc2ccccc2)cc1. The summed E-state index contributed by atoms with van der Waals surface area (Å²) in [5.74, 6) is 0. The van der Waals surface area contributed by atoms with Crippen LogP contribution in [0.5, 0.6) is 0 Å². The Morgan fingerprint density at radius 2 is 1.28 bits per heavy atom. The first-order valence-electron chi connectivity index (χ1n) is 12.5. The van der Waals surface area contributed by atoms with Crippen molar-refractivity contribution in [1.29, 1.82) is 0 Å². The smallest absolute Gasteiger partial charge is 0.0238 e. The molecule has 0 aromatic heterocycles. The average Bonchev–Trinajstić information content (AvgIpc) is 3.61. The Morgan fingerprint density at radius 3 is 1.81 bits per heavy atom. The topological polar surface area (TPSA) is 0 Å². The van der Waals surface area contributed by atoms with Crippen LogP contribution in [0.25, 0.3) is 11.1 Å². The fourth-order valence-electron chi connectivity index (χ4n) is 3.92. The first-order valence-corrected chi connectivity index (χ1v) is 13.8. The van der Waals surface area contributed by atoms with Crippen LogP contribution in [0.2, 0.25) is 0 Å². The Kier molecular flexibility index (Phi) is 12.3. The van der Waals surface area contributed by atoms with Gasteiger partial charge in [-0.2, -0.15) is 35.9 Å². The third kappa shape index (κ3) is 10.0. The maximum atomic E-state index is 3.30. The van der Waals surface area contributed by atoms with Gasteiger partial charge in [0, 0.05) is 0 Å². The van der Waals surface area contributed by atoms with Gasteiger partial charge in [-0.1, -0.05) is 96.1 Å². The number of allylic oxidation sites excluding steroid dienone is 4. The number of hydrogen-bond acceptors (Lipinski definition) is 0. The first kappa shape index (κ1) is 27.7. The molecule has 0 aliphatic heterocycles. The van der Waals surface area contributed by atoms with Crippen molar-refractivity contribution in [3.05, 3.63) is 156 Å². The molecule has 0 atom stereocenters. The number of aryl methyl sites for hydroxylation is 2. The van der Waals surface area contributed by atoms with Gasteiger partial charge in [-0.05, 0) is 30.4 Å². The molecule has 0 heterocycles. The zero-order valence-corrected chi connectivity index (χ0v) is 23.8. The molecule has 36 heavy (non-hydrogen) atoms. The van der Waals surface area contributed by atoms with Crippen LogP contribution in [0.3, 0.4) is 0 Å². The quantitative estimate of drug-likeness (QED) is 0.199. The molecule has 2 aliphatic rings. The molecular weight excluding hydrogens is 512 g/mol. The second-order valence-electron chi connectivity index (χ2n) is 8.87. The Balaban J connectivity index is 0.000000151. The standard InChI is InChI=1S/C14H14.C13H9.C5H5.C3H6.Zr/c1-3-7-13(8-4-1)11-12-14-9-5-2-6-10-14;1-3-7-12-10(5-1)9-11-6-2-4-8-13(11)12;1-2-4-5-3-1;1-3-2;/h1-10H,11-12H2;1-5,7-8H,9H2;1-3H,4H2;1-2H3;/q;2*-1;;+2. The summed E-state index contributed by atoms with van der Waals surface area (Å²) in [6.45, 7) is 4.25. The van der Waals surface area contributed by atoms with E-state index in [-0.39, 0.29) is 0 Å². The van der Waals surface area contributed by atoms with E-state index in [0.29, 0.717) is 0 Å². The molecule has 0 N–H and O–H groups in total. The van der Waals surface area contributed by atoms with E-state index in [1.807, 2.05) is 18.2 Å². The molecule has 0 saturated carbocycles. The Hall–Kier alpha value is -2.89. The van der Waals surface area contributed by atoms with Crippen molar-refractivity contribution in [2.24, 2.45) is 0 Å². The van der Waals surface area contributed by atoms with Crippen LogP contribution in [-0.4, -0.2) is 3.21 Å². The molecule has 178 valence electrons. The van der Waals surface area contributed by atoms with E-state index in [1.54, 1.807) is 24.2 Å². The molecule has 4 aromatic carbocycles. The van der Waals surface area contributed by atoms with Crippen molar-refractivity contribution in [2.45, 2.75) is 39.5 Å². The van der Waals surface area contributed by atoms with Gasteiger partial charge in [-0.25, -0.2) is 12.2 Å². The van der Waals surface area contributed by atoms with Gasteiger partial charge in [0.15, 0.2) is 0 Å². The molecule has 0 nitrogen and oxygen atoms in total. The normalized spacial score (nSPS) is 11.6. The minimum atomic E-state index is 1.01. The number of fused-ring (bicyclic) bond motifs is 3. The summed E-state index contributed by atoms with van der Waals surface area (Å²) in [7, 11) is 0. The molecule has 0 saturated heterocycles. The summed E-state index contributed by atoms with van der Waals surface area (Å²) in [5, 5.41) is 0. The van der Waals surface area contributed by atoms with E-state index in [9.17, 15) is 0 Å². The molecule has 1 heteroatoms. The second kappa shape index (κ2) is 16.0. The van der Waals surface area contributed by atoms with E-state index in [1.165, 1.54) is 36.6 Å². The predicted molar refractivity (Wildman–Crippen MR) is 152 cm³/mol. The van der Waals surface area contributed by atoms with Crippen LogP contribution in [0, 0.1) is 12.1 Å². The summed E-state index contributed by atoms with van der Waals surface area (Å²) in [4.78, 5) is 0. The minimum Gasteiger partial charge on any atom is -0.273 e. The van der Waals surface area contributed by atoms with E-state index >= 15 is 0 Å². The molecule has 0 spiro atoms. The van der Waals surface area contributed by atoms with Gasteiger partial charge in [0.2, 0.25) is 0 Å². The van der Waals surface area contributed by atoms with Crippen LogP contribution in [0.4, 0.5) is 0 Å². The molecule has 0 radical (unpaired) electrons. The molecule has 0 bridgehead atoms. The monoisotopic (exact) mass is 544 g/mol. The zero-order chi connectivity index (χ0) is 25.4. The maximum absolute atomic E-state index is 3.30. The summed E-state index contributed by atoms with van der Waals surface area (Å²) in [6, 6.07) is 39.4. The molecule has 0 amide bonds. The van der Waals surface area contributed by atoms with E-state index in [0.717, 1.165) is 25.7 Å². The van der Waals surface area contributed by atoms with Crippen molar-refractivity contribution < 1.29 is 24.2 Å². The van der Waals surface area contributed by atoms with Gasteiger partial charge >= 0.3 is 41.3 Å². The third-order valence-corrected chi connectivity index (χ3v) is 5.59. The minimum absolute atomic E-state index is 1.01. The summed E-state index contributed by atoms with van der Waals surface area (Å²) in [6.07, 6.45) is 13.3. The van der Waals surface area contributed by atoms with Gasteiger partial charge in [0.25, 0.3) is 0 Å². The van der Waals surface area contributed by atoms with Gasteiger partial charge < -0.3 is 0 Å². The largest absolute Gasteiger partial charge is 0.273 e. The van der Waals surface area contributed by atoms with Gasteiger partial charge in [0.05, 0.1) is 0 Å². The average molecular weight is 546 g/mol. The second-order valence-corrected chi connectivity index (χ2v) is 11.3. The summed E-state index contributed by atoms with van der Waals surface area (Å²) < 4.78 is 1.51. The van der Waals surface area contributed by atoms with Gasteiger partial charge in [-0.15, -0.1) is 12.0 Å². The van der Waals surface area contributed by atoms with Crippen molar-refractivity contribution in [1.82, 2.24) is 0 Å². The third-order valence-electron chi connectivity index (χ3n) is 5.59. The van der Waals surface area contributed by atoms with E-state index in [4.69, 9.17) is 0 Å². The number of hydrogen-bond donors (Lipinski definition) is 0. The Bertz CT molecular complexity index is 1150. The number of benzene rings is 4. The summed E-state index contributed by atoms with van der Waals surface area (Å²) >= 11 is 1.55. The van der Waals surface area contributed by atoms with Crippen LogP contribution in [0.15, 0.2) is 121 Å². The van der Waals surface area contributed by atoms with E-state index in [2.05, 4.69) is 129 Å². The number of rotatable bonds is 3. The van der Waals surface area contributed by atoms with Crippen LogP contribution < -0.4 is 0 Å². The van der Waals surface area contributed by atoms with Crippen LogP contribution in [0.1, 0.15) is 42.5 Å². The van der Waals surface area contributed by atoms with Gasteiger partial charge in [0.1, 0.15) is 0 Å². The molecular formula is C35H34Zr. The maximum Gasteiger partial charge on any atom is -0.0238 e. The predicted octanol–water partition coefficient (Wildman–Crippen LogP) is 8.58. The first-order chi connectivity index (χ1) is 17.6. The van der Waals surface area contributed by atoms with Crippen molar-refractivity contribution in [3.63, 3.8) is 0 Å². The van der Waals surface area contributed by atoms with Crippen molar-refractivity contribution in [3.8, 4) is 11.1 Å². The Labute approximate surface area is 232 Å².